The van der Waals surface area contributed by atoms with E-state index in [1.807, 2.05) is 0 Å². The van der Waals surface area contributed by atoms with E-state index in [0.717, 1.165) is 31.1 Å². The lowest BCUT2D eigenvalue weighted by Crippen LogP contribution is -2.39. The van der Waals surface area contributed by atoms with Crippen molar-refractivity contribution in [3.8, 4) is 0 Å². The number of fused-ring (bicyclic) bond motifs is 3. The van der Waals surface area contributed by atoms with Gasteiger partial charge in [0, 0.05) is 23.3 Å². The number of hydrogen-bond acceptors (Lipinski definition) is 3. The molecule has 3 atom stereocenters. The Morgan fingerprint density at radius 3 is 2.86 bits per heavy atom. The van der Waals surface area contributed by atoms with Gasteiger partial charge in [-0.2, -0.15) is 0 Å². The highest BCUT2D eigenvalue weighted by Crippen LogP contribution is 2.42. The van der Waals surface area contributed by atoms with Gasteiger partial charge < -0.3 is 10.1 Å². The molecule has 22 heavy (non-hydrogen) atoms. The van der Waals surface area contributed by atoms with E-state index in [2.05, 4.69) is 36.2 Å². The standard InChI is InChI=1S/C11H15NO.C6H4F2S/c1-2-4-10-8(3-1)9-5-6-12-7-11(9)13-10;7-5-2-1-4(9)3-6(5)8/h1-2,4,8-9,11-12H,3,5-7H2;1-3,9H. The molecule has 3 unspecified atom stereocenters. The lowest BCUT2D eigenvalue weighted by Gasteiger charge is -2.26. The number of piperidine rings is 1. The van der Waals surface area contributed by atoms with Gasteiger partial charge in [0.25, 0.3) is 0 Å². The highest BCUT2D eigenvalue weighted by atomic mass is 32.1. The van der Waals surface area contributed by atoms with Crippen LogP contribution in [0.1, 0.15) is 12.8 Å². The van der Waals surface area contributed by atoms with Crippen molar-refractivity contribution in [1.29, 1.82) is 0 Å². The Bertz CT molecular complexity index is 602. The SMILES string of the molecule is C1=CCC2C(=C1)OC1CNCCC12.Fc1ccc(S)cc1F. The summed E-state index contributed by atoms with van der Waals surface area (Å²) >= 11 is 3.79. The monoisotopic (exact) mass is 323 g/mol. The number of ether oxygens (including phenoxy) is 1. The quantitative estimate of drug-likeness (QED) is 0.710. The molecule has 0 amide bonds. The number of thiol groups is 1. The maximum atomic E-state index is 12.2. The van der Waals surface area contributed by atoms with Crippen molar-refractivity contribution >= 4 is 12.6 Å². The van der Waals surface area contributed by atoms with E-state index >= 15 is 0 Å². The molecule has 2 nitrogen and oxygen atoms in total. The molecule has 2 fully saturated rings. The molecule has 0 radical (unpaired) electrons. The molecule has 1 N–H and O–H groups in total. The molecule has 3 aliphatic rings. The van der Waals surface area contributed by atoms with Crippen LogP contribution in [0.5, 0.6) is 0 Å². The fourth-order valence-electron chi connectivity index (χ4n) is 3.24. The van der Waals surface area contributed by atoms with Gasteiger partial charge in [-0.15, -0.1) is 12.6 Å². The molecule has 1 aromatic rings. The van der Waals surface area contributed by atoms with Gasteiger partial charge in [-0.25, -0.2) is 8.78 Å². The molecule has 2 saturated heterocycles. The zero-order valence-electron chi connectivity index (χ0n) is 12.1. The van der Waals surface area contributed by atoms with E-state index in [4.69, 9.17) is 4.74 Å². The topological polar surface area (TPSA) is 21.3 Å². The van der Waals surface area contributed by atoms with Gasteiger partial charge in [0.05, 0.1) is 0 Å². The molecule has 1 aliphatic carbocycles. The van der Waals surface area contributed by atoms with Gasteiger partial charge >= 0.3 is 0 Å². The fourth-order valence-corrected chi connectivity index (χ4v) is 3.43. The summed E-state index contributed by atoms with van der Waals surface area (Å²) in [5, 5.41) is 3.39. The first-order valence-electron chi connectivity index (χ1n) is 7.53. The van der Waals surface area contributed by atoms with Gasteiger partial charge in [0.1, 0.15) is 11.9 Å². The van der Waals surface area contributed by atoms with Crippen LogP contribution in [0.2, 0.25) is 0 Å². The number of hydrogen-bond donors (Lipinski definition) is 2. The highest BCUT2D eigenvalue weighted by molar-refractivity contribution is 7.80. The third-order valence-corrected chi connectivity index (χ3v) is 4.62. The predicted molar refractivity (Wildman–Crippen MR) is 84.8 cm³/mol. The van der Waals surface area contributed by atoms with Gasteiger partial charge in [-0.3, -0.25) is 0 Å². The Morgan fingerprint density at radius 2 is 2.09 bits per heavy atom. The van der Waals surface area contributed by atoms with Crippen LogP contribution in [0.3, 0.4) is 0 Å². The summed E-state index contributed by atoms with van der Waals surface area (Å²) < 4.78 is 30.2. The molecule has 0 bridgehead atoms. The van der Waals surface area contributed by atoms with Crippen LogP contribution in [0.4, 0.5) is 8.78 Å². The summed E-state index contributed by atoms with van der Waals surface area (Å²) in [5.74, 6) is 1.01. The molecule has 0 aromatic heterocycles. The minimum Gasteiger partial charge on any atom is -0.493 e. The van der Waals surface area contributed by atoms with Crippen LogP contribution < -0.4 is 5.32 Å². The van der Waals surface area contributed by atoms with E-state index in [0.29, 0.717) is 16.9 Å². The second kappa shape index (κ2) is 6.84. The Kier molecular flexibility index (Phi) is 4.84. The summed E-state index contributed by atoms with van der Waals surface area (Å²) in [6, 6.07) is 3.46. The lowest BCUT2D eigenvalue weighted by atomic mass is 9.81. The minimum absolute atomic E-state index is 0.425. The van der Waals surface area contributed by atoms with Crippen molar-refractivity contribution in [2.24, 2.45) is 11.8 Å². The molecular weight excluding hydrogens is 304 g/mol. The first-order chi connectivity index (χ1) is 10.6. The number of halogens is 2. The molecule has 0 saturated carbocycles. The number of allylic oxidation sites excluding steroid dienone is 4. The van der Waals surface area contributed by atoms with Crippen LogP contribution in [0.15, 0.2) is 47.1 Å². The van der Waals surface area contributed by atoms with Gasteiger partial charge in [0.15, 0.2) is 11.6 Å². The van der Waals surface area contributed by atoms with Gasteiger partial charge in [-0.05, 0) is 43.7 Å². The van der Waals surface area contributed by atoms with Crippen LogP contribution in [0.25, 0.3) is 0 Å². The molecular formula is C17H19F2NOS. The summed E-state index contributed by atoms with van der Waals surface area (Å²) in [4.78, 5) is 0.425. The molecule has 1 aromatic carbocycles. The first-order valence-corrected chi connectivity index (χ1v) is 7.98. The van der Waals surface area contributed by atoms with E-state index in [1.54, 1.807) is 0 Å². The van der Waals surface area contributed by atoms with Crippen LogP contribution in [-0.2, 0) is 4.74 Å². The fraction of sp³-hybridized carbons (Fsp3) is 0.412. The number of rotatable bonds is 0. The third kappa shape index (κ3) is 3.36. The van der Waals surface area contributed by atoms with Crippen LogP contribution >= 0.6 is 12.6 Å². The van der Waals surface area contributed by atoms with E-state index < -0.39 is 11.6 Å². The third-order valence-electron chi connectivity index (χ3n) is 4.34. The van der Waals surface area contributed by atoms with E-state index in [-0.39, 0.29) is 0 Å². The van der Waals surface area contributed by atoms with Crippen molar-refractivity contribution in [2.45, 2.75) is 23.8 Å². The summed E-state index contributed by atoms with van der Waals surface area (Å²) in [6.07, 6.45) is 9.45. The Morgan fingerprint density at radius 1 is 1.23 bits per heavy atom. The summed E-state index contributed by atoms with van der Waals surface area (Å²) in [5.41, 5.74) is 0. The van der Waals surface area contributed by atoms with Crippen molar-refractivity contribution in [3.05, 3.63) is 53.8 Å². The maximum absolute atomic E-state index is 12.2. The smallest absolute Gasteiger partial charge is 0.159 e. The van der Waals surface area contributed by atoms with Crippen molar-refractivity contribution in [2.75, 3.05) is 13.1 Å². The zero-order valence-corrected chi connectivity index (χ0v) is 13.0. The summed E-state index contributed by atoms with van der Waals surface area (Å²) in [7, 11) is 0. The lowest BCUT2D eigenvalue weighted by molar-refractivity contribution is 0.108. The van der Waals surface area contributed by atoms with Crippen molar-refractivity contribution in [3.63, 3.8) is 0 Å². The molecule has 5 heteroatoms. The van der Waals surface area contributed by atoms with Gasteiger partial charge in [0.2, 0.25) is 0 Å². The Hall–Kier alpha value is -1.33. The predicted octanol–water partition coefficient (Wildman–Crippen LogP) is 3.71. The summed E-state index contributed by atoms with van der Waals surface area (Å²) in [6.45, 7) is 2.20. The maximum Gasteiger partial charge on any atom is 0.159 e. The highest BCUT2D eigenvalue weighted by Gasteiger charge is 2.42. The molecule has 2 aliphatic heterocycles. The largest absolute Gasteiger partial charge is 0.493 e. The van der Waals surface area contributed by atoms with Crippen LogP contribution in [-0.4, -0.2) is 19.2 Å². The molecule has 2 heterocycles. The molecule has 118 valence electrons. The average molecular weight is 323 g/mol. The van der Waals surface area contributed by atoms with Crippen LogP contribution in [0, 0.1) is 23.5 Å². The van der Waals surface area contributed by atoms with Crippen molar-refractivity contribution < 1.29 is 13.5 Å². The normalized spacial score (nSPS) is 28.7. The number of benzene rings is 1. The van der Waals surface area contributed by atoms with Gasteiger partial charge in [-0.1, -0.05) is 12.2 Å². The zero-order chi connectivity index (χ0) is 15.5. The molecule has 0 spiro atoms. The van der Waals surface area contributed by atoms with Crippen molar-refractivity contribution in [1.82, 2.24) is 5.32 Å². The number of nitrogens with one attached hydrogen (secondary N) is 1. The van der Waals surface area contributed by atoms with E-state index in [9.17, 15) is 8.78 Å². The van der Waals surface area contributed by atoms with E-state index in [1.165, 1.54) is 24.7 Å². The second-order valence-electron chi connectivity index (χ2n) is 5.75. The average Bonchev–Trinajstić information content (AvgIpc) is 2.91. The minimum atomic E-state index is -0.859. The second-order valence-corrected chi connectivity index (χ2v) is 6.27. The Balaban J connectivity index is 0.000000142. The first kappa shape index (κ1) is 15.6. The Labute approximate surface area is 134 Å². The molecule has 4 rings (SSSR count).